The zero-order chi connectivity index (χ0) is 11.9. The van der Waals surface area contributed by atoms with Crippen molar-refractivity contribution in [2.45, 2.75) is 31.3 Å². The summed E-state index contributed by atoms with van der Waals surface area (Å²) in [7, 11) is 0. The maximum absolute atomic E-state index is 12.0. The Bertz CT molecular complexity index is 437. The molecule has 0 bridgehead atoms. The van der Waals surface area contributed by atoms with Crippen molar-refractivity contribution in [1.82, 2.24) is 0 Å². The molecule has 1 aromatic rings. The van der Waals surface area contributed by atoms with Crippen LogP contribution in [0.2, 0.25) is 0 Å². The second-order valence-corrected chi connectivity index (χ2v) is 4.90. The molecule has 3 rings (SSSR count). The lowest BCUT2D eigenvalue weighted by Gasteiger charge is -2.46. The zero-order valence-corrected chi connectivity index (χ0v) is 9.69. The second-order valence-electron chi connectivity index (χ2n) is 4.90. The molecule has 1 aromatic carbocycles. The van der Waals surface area contributed by atoms with E-state index in [2.05, 4.69) is 0 Å². The molecule has 0 atom stereocenters. The average molecular weight is 232 g/mol. The van der Waals surface area contributed by atoms with Gasteiger partial charge in [0.1, 0.15) is 5.60 Å². The number of benzene rings is 1. The predicted octanol–water partition coefficient (Wildman–Crippen LogP) is 2.54. The van der Waals surface area contributed by atoms with Crippen LogP contribution >= 0.6 is 0 Å². The minimum atomic E-state index is -0.222. The molecule has 17 heavy (non-hydrogen) atoms. The molecule has 1 spiro atoms. The van der Waals surface area contributed by atoms with Crippen LogP contribution < -0.4 is 10.6 Å². The lowest BCUT2D eigenvalue weighted by atomic mass is 9.77. The number of carbonyl (C=O) groups excluding carboxylic acids is 1. The first-order valence-electron chi connectivity index (χ1n) is 6.05. The molecule has 2 N–H and O–H groups in total. The van der Waals surface area contributed by atoms with Crippen molar-refractivity contribution in [3.8, 4) is 0 Å². The summed E-state index contributed by atoms with van der Waals surface area (Å²) in [5.74, 6) is 0. The highest BCUT2D eigenvalue weighted by Gasteiger charge is 2.45. The standard InChI is InChI=1S/C13H16N2O2/c14-10-2-4-11(5-3-10)15-9-8-13(6-1-7-13)17-12(15)16/h2-5H,1,6-9,14H2. The maximum Gasteiger partial charge on any atom is 0.414 e. The van der Waals surface area contributed by atoms with Crippen molar-refractivity contribution in [2.75, 3.05) is 17.2 Å². The summed E-state index contributed by atoms with van der Waals surface area (Å²) in [6, 6.07) is 7.32. The zero-order valence-electron chi connectivity index (χ0n) is 9.69. The summed E-state index contributed by atoms with van der Waals surface area (Å²) in [5.41, 5.74) is 7.06. The quantitative estimate of drug-likeness (QED) is 0.757. The Balaban J connectivity index is 1.77. The third-order valence-electron chi connectivity index (χ3n) is 3.78. The van der Waals surface area contributed by atoms with Gasteiger partial charge in [-0.2, -0.15) is 0 Å². The predicted molar refractivity (Wildman–Crippen MR) is 65.9 cm³/mol. The van der Waals surface area contributed by atoms with Crippen LogP contribution in [0, 0.1) is 0 Å². The van der Waals surface area contributed by atoms with Gasteiger partial charge in [0.05, 0.1) is 0 Å². The van der Waals surface area contributed by atoms with Crippen LogP contribution in [-0.4, -0.2) is 18.2 Å². The second kappa shape index (κ2) is 3.65. The van der Waals surface area contributed by atoms with Crippen LogP contribution in [0.3, 0.4) is 0 Å². The molecule has 1 saturated carbocycles. The number of ether oxygens (including phenoxy) is 1. The van der Waals surface area contributed by atoms with Crippen LogP contribution in [0.15, 0.2) is 24.3 Å². The van der Waals surface area contributed by atoms with Crippen LogP contribution in [0.25, 0.3) is 0 Å². The third kappa shape index (κ3) is 1.73. The SMILES string of the molecule is Nc1ccc(N2CCC3(CCC3)OC2=O)cc1. The van der Waals surface area contributed by atoms with Crippen LogP contribution in [0.1, 0.15) is 25.7 Å². The smallest absolute Gasteiger partial charge is 0.414 e. The van der Waals surface area contributed by atoms with Gasteiger partial charge in [0.25, 0.3) is 0 Å². The Morgan fingerprint density at radius 3 is 2.41 bits per heavy atom. The number of nitrogens with two attached hydrogens (primary N) is 1. The summed E-state index contributed by atoms with van der Waals surface area (Å²) in [5, 5.41) is 0. The van der Waals surface area contributed by atoms with Gasteiger partial charge in [0.15, 0.2) is 0 Å². The van der Waals surface area contributed by atoms with Crippen molar-refractivity contribution in [2.24, 2.45) is 0 Å². The van der Waals surface area contributed by atoms with Crippen LogP contribution in [0.5, 0.6) is 0 Å². The van der Waals surface area contributed by atoms with Crippen molar-refractivity contribution in [3.05, 3.63) is 24.3 Å². The van der Waals surface area contributed by atoms with E-state index in [-0.39, 0.29) is 11.7 Å². The first-order valence-corrected chi connectivity index (χ1v) is 6.05. The summed E-state index contributed by atoms with van der Waals surface area (Å²) in [4.78, 5) is 13.6. The Labute approximate surface area is 100 Å². The van der Waals surface area contributed by atoms with E-state index < -0.39 is 0 Å². The van der Waals surface area contributed by atoms with Gasteiger partial charge >= 0.3 is 6.09 Å². The molecule has 1 amide bonds. The van der Waals surface area contributed by atoms with Gasteiger partial charge in [-0.1, -0.05) is 0 Å². The molecule has 0 unspecified atom stereocenters. The van der Waals surface area contributed by atoms with Gasteiger partial charge < -0.3 is 10.5 Å². The van der Waals surface area contributed by atoms with Gasteiger partial charge in [-0.15, -0.1) is 0 Å². The fourth-order valence-electron chi connectivity index (χ4n) is 2.51. The number of carbonyl (C=O) groups is 1. The van der Waals surface area contributed by atoms with E-state index in [4.69, 9.17) is 10.5 Å². The number of nitrogens with zero attached hydrogens (tertiary/aromatic N) is 1. The number of nitrogen functional groups attached to an aromatic ring is 1. The van der Waals surface area contributed by atoms with E-state index >= 15 is 0 Å². The Morgan fingerprint density at radius 1 is 1.18 bits per heavy atom. The minimum Gasteiger partial charge on any atom is -0.442 e. The highest BCUT2D eigenvalue weighted by atomic mass is 16.6. The average Bonchev–Trinajstić information content (AvgIpc) is 2.28. The molecule has 1 heterocycles. The molecule has 2 fully saturated rings. The van der Waals surface area contributed by atoms with E-state index in [1.807, 2.05) is 12.1 Å². The van der Waals surface area contributed by atoms with Crippen molar-refractivity contribution >= 4 is 17.5 Å². The fourth-order valence-corrected chi connectivity index (χ4v) is 2.51. The Hall–Kier alpha value is -1.71. The van der Waals surface area contributed by atoms with Crippen LogP contribution in [-0.2, 0) is 4.74 Å². The molecule has 0 aromatic heterocycles. The van der Waals surface area contributed by atoms with Crippen molar-refractivity contribution in [3.63, 3.8) is 0 Å². The summed E-state index contributed by atoms with van der Waals surface area (Å²) < 4.78 is 5.56. The van der Waals surface area contributed by atoms with Crippen molar-refractivity contribution in [1.29, 1.82) is 0 Å². The van der Waals surface area contributed by atoms with Crippen molar-refractivity contribution < 1.29 is 9.53 Å². The number of rotatable bonds is 1. The maximum atomic E-state index is 12.0. The summed E-state index contributed by atoms with van der Waals surface area (Å²) in [6.45, 7) is 0.739. The Kier molecular flexibility index (Phi) is 2.24. The Morgan fingerprint density at radius 2 is 1.88 bits per heavy atom. The molecule has 1 saturated heterocycles. The largest absolute Gasteiger partial charge is 0.442 e. The third-order valence-corrected chi connectivity index (χ3v) is 3.78. The van der Waals surface area contributed by atoms with E-state index in [0.29, 0.717) is 5.69 Å². The number of amides is 1. The molecule has 4 heteroatoms. The van der Waals surface area contributed by atoms with Gasteiger partial charge in [0, 0.05) is 24.3 Å². The monoisotopic (exact) mass is 232 g/mol. The molecule has 0 radical (unpaired) electrons. The number of anilines is 2. The molecule has 4 nitrogen and oxygen atoms in total. The molecule has 1 aliphatic carbocycles. The molecular formula is C13H16N2O2. The molecule has 90 valence electrons. The van der Waals surface area contributed by atoms with E-state index in [9.17, 15) is 4.79 Å². The first kappa shape index (κ1) is 10.4. The topological polar surface area (TPSA) is 55.6 Å². The van der Waals surface area contributed by atoms with Gasteiger partial charge in [-0.25, -0.2) is 4.79 Å². The lowest BCUT2D eigenvalue weighted by molar-refractivity contribution is -0.0610. The van der Waals surface area contributed by atoms with Gasteiger partial charge in [-0.05, 0) is 43.5 Å². The van der Waals surface area contributed by atoms with E-state index in [0.717, 1.165) is 31.5 Å². The molecule has 2 aliphatic rings. The summed E-state index contributed by atoms with van der Waals surface area (Å²) in [6.07, 6.45) is 3.93. The number of hydrogen-bond acceptors (Lipinski definition) is 3. The lowest BCUT2D eigenvalue weighted by Crippen LogP contribution is -2.53. The molecular weight excluding hydrogens is 216 g/mol. The normalized spacial score (nSPS) is 22.1. The van der Waals surface area contributed by atoms with E-state index in [1.54, 1.807) is 17.0 Å². The fraction of sp³-hybridized carbons (Fsp3) is 0.462. The van der Waals surface area contributed by atoms with E-state index in [1.165, 1.54) is 6.42 Å². The van der Waals surface area contributed by atoms with Crippen LogP contribution in [0.4, 0.5) is 16.2 Å². The highest BCUT2D eigenvalue weighted by molar-refractivity contribution is 5.88. The minimum absolute atomic E-state index is 0.138. The van der Waals surface area contributed by atoms with Gasteiger partial charge in [-0.3, -0.25) is 4.90 Å². The summed E-state index contributed by atoms with van der Waals surface area (Å²) >= 11 is 0. The van der Waals surface area contributed by atoms with Gasteiger partial charge in [0.2, 0.25) is 0 Å². The highest BCUT2D eigenvalue weighted by Crippen LogP contribution is 2.42. The molecule has 1 aliphatic heterocycles. The first-order chi connectivity index (χ1) is 8.19. The number of hydrogen-bond donors (Lipinski definition) is 1.